The minimum absolute atomic E-state index is 0.182. The van der Waals surface area contributed by atoms with Gasteiger partial charge in [-0.3, -0.25) is 4.79 Å². The molecule has 0 aliphatic carbocycles. The van der Waals surface area contributed by atoms with Crippen LogP contribution in [0.1, 0.15) is 27.5 Å². The second-order valence-electron chi connectivity index (χ2n) is 5.57. The van der Waals surface area contributed by atoms with Crippen LogP contribution in [0.2, 0.25) is 5.02 Å². The molecule has 1 N–H and O–H groups in total. The molecule has 0 aliphatic heterocycles. The lowest BCUT2D eigenvalue weighted by Gasteiger charge is -2.20. The van der Waals surface area contributed by atoms with E-state index in [0.29, 0.717) is 10.6 Å². The van der Waals surface area contributed by atoms with Gasteiger partial charge in [0.1, 0.15) is 0 Å². The molecule has 0 fully saturated rings. The van der Waals surface area contributed by atoms with Gasteiger partial charge >= 0.3 is 0 Å². The number of hydrogen-bond donors (Lipinski definition) is 1. The molecule has 1 amide bonds. The third-order valence-corrected chi connectivity index (χ3v) is 5.01. The number of thioether (sulfide) groups is 1. The Morgan fingerprint density at radius 2 is 1.48 bits per heavy atom. The van der Waals surface area contributed by atoms with E-state index in [4.69, 9.17) is 11.6 Å². The highest BCUT2D eigenvalue weighted by molar-refractivity contribution is 7.98. The number of carbonyl (C=O) groups is 1. The monoisotopic (exact) mass is 367 g/mol. The van der Waals surface area contributed by atoms with Gasteiger partial charge in [0.25, 0.3) is 5.91 Å². The molecule has 0 saturated carbocycles. The van der Waals surface area contributed by atoms with Crippen LogP contribution in [0.25, 0.3) is 0 Å². The van der Waals surface area contributed by atoms with Crippen LogP contribution in [0.3, 0.4) is 0 Å². The van der Waals surface area contributed by atoms with Crippen LogP contribution in [0, 0.1) is 0 Å². The summed E-state index contributed by atoms with van der Waals surface area (Å²) in [5, 5.41) is 3.58. The third kappa shape index (κ3) is 4.25. The second kappa shape index (κ2) is 8.24. The van der Waals surface area contributed by atoms with Crippen molar-refractivity contribution in [1.29, 1.82) is 0 Å². The van der Waals surface area contributed by atoms with Crippen molar-refractivity contribution in [3.8, 4) is 0 Å². The number of rotatable bonds is 5. The van der Waals surface area contributed by atoms with Crippen molar-refractivity contribution >= 4 is 29.3 Å². The summed E-state index contributed by atoms with van der Waals surface area (Å²) in [6, 6.07) is 25.1. The lowest BCUT2D eigenvalue weighted by Crippen LogP contribution is -2.29. The number of nitrogens with one attached hydrogen (secondary N) is 1. The van der Waals surface area contributed by atoms with Gasteiger partial charge in [-0.25, -0.2) is 0 Å². The molecule has 25 heavy (non-hydrogen) atoms. The summed E-state index contributed by atoms with van der Waals surface area (Å²) >= 11 is 7.84. The van der Waals surface area contributed by atoms with Crippen LogP contribution in [0.15, 0.2) is 83.8 Å². The van der Waals surface area contributed by atoms with Crippen LogP contribution in [0.5, 0.6) is 0 Å². The van der Waals surface area contributed by atoms with Crippen molar-refractivity contribution in [3.05, 3.63) is 101 Å². The fraction of sp³-hybridized carbons (Fsp3) is 0.0952. The number of benzene rings is 3. The second-order valence-corrected chi connectivity index (χ2v) is 6.86. The van der Waals surface area contributed by atoms with Gasteiger partial charge in [-0.1, -0.05) is 72.3 Å². The zero-order chi connectivity index (χ0) is 17.6. The number of amides is 1. The van der Waals surface area contributed by atoms with Crippen LogP contribution in [0.4, 0.5) is 0 Å². The molecule has 0 aliphatic rings. The molecule has 4 heteroatoms. The Balaban J connectivity index is 1.95. The number of hydrogen-bond acceptors (Lipinski definition) is 2. The summed E-state index contributed by atoms with van der Waals surface area (Å²) in [6.45, 7) is 0. The maximum atomic E-state index is 12.9. The molecule has 0 spiro atoms. The SMILES string of the molecule is CSc1ccc(Cl)c(C(=O)NC(c2ccccc2)c2ccccc2)c1. The predicted molar refractivity (Wildman–Crippen MR) is 105 cm³/mol. The van der Waals surface area contributed by atoms with Crippen LogP contribution in [-0.2, 0) is 0 Å². The fourth-order valence-electron chi connectivity index (χ4n) is 2.66. The summed E-state index contributed by atoms with van der Waals surface area (Å²) in [7, 11) is 0. The first-order chi connectivity index (χ1) is 12.2. The first-order valence-corrected chi connectivity index (χ1v) is 9.53. The van der Waals surface area contributed by atoms with E-state index in [0.717, 1.165) is 16.0 Å². The molecule has 0 radical (unpaired) electrons. The van der Waals surface area contributed by atoms with E-state index < -0.39 is 0 Å². The Morgan fingerprint density at radius 1 is 0.920 bits per heavy atom. The summed E-state index contributed by atoms with van der Waals surface area (Å²) < 4.78 is 0. The van der Waals surface area contributed by atoms with E-state index >= 15 is 0 Å². The maximum Gasteiger partial charge on any atom is 0.253 e. The Bertz CT molecular complexity index is 813. The Morgan fingerprint density at radius 3 is 2.00 bits per heavy atom. The first kappa shape index (κ1) is 17.6. The molecule has 0 unspecified atom stereocenters. The van der Waals surface area contributed by atoms with E-state index in [-0.39, 0.29) is 11.9 Å². The van der Waals surface area contributed by atoms with Crippen LogP contribution < -0.4 is 5.32 Å². The summed E-state index contributed by atoms with van der Waals surface area (Å²) in [5.74, 6) is -0.182. The normalized spacial score (nSPS) is 10.7. The molecule has 0 atom stereocenters. The minimum Gasteiger partial charge on any atom is -0.341 e. The maximum absolute atomic E-state index is 12.9. The first-order valence-electron chi connectivity index (χ1n) is 7.93. The fourth-order valence-corrected chi connectivity index (χ4v) is 3.31. The van der Waals surface area contributed by atoms with Crippen LogP contribution >= 0.6 is 23.4 Å². The Labute approximate surface area is 157 Å². The average molecular weight is 368 g/mol. The van der Waals surface area contributed by atoms with Crippen molar-refractivity contribution in [1.82, 2.24) is 5.32 Å². The van der Waals surface area contributed by atoms with Crippen molar-refractivity contribution < 1.29 is 4.79 Å². The molecule has 0 bridgehead atoms. The van der Waals surface area contributed by atoms with Gasteiger partial charge in [0.05, 0.1) is 16.6 Å². The minimum atomic E-state index is -0.232. The number of halogens is 1. The van der Waals surface area contributed by atoms with Crippen molar-refractivity contribution in [3.63, 3.8) is 0 Å². The molecule has 2 nitrogen and oxygen atoms in total. The van der Waals surface area contributed by atoms with E-state index in [1.807, 2.05) is 79.1 Å². The van der Waals surface area contributed by atoms with Gasteiger partial charge < -0.3 is 5.32 Å². The number of carbonyl (C=O) groups excluding carboxylic acids is 1. The van der Waals surface area contributed by atoms with Gasteiger partial charge in [0, 0.05) is 4.90 Å². The highest BCUT2D eigenvalue weighted by Gasteiger charge is 2.19. The predicted octanol–water partition coefficient (Wildman–Crippen LogP) is 5.58. The van der Waals surface area contributed by atoms with Crippen molar-refractivity contribution in [2.75, 3.05) is 6.26 Å². The molecule has 3 aromatic carbocycles. The van der Waals surface area contributed by atoms with E-state index in [1.165, 1.54) is 0 Å². The topological polar surface area (TPSA) is 29.1 Å². The Hall–Kier alpha value is -2.23. The van der Waals surface area contributed by atoms with Gasteiger partial charge in [0.15, 0.2) is 0 Å². The lowest BCUT2D eigenvalue weighted by molar-refractivity contribution is 0.0943. The highest BCUT2D eigenvalue weighted by Crippen LogP contribution is 2.26. The summed E-state index contributed by atoms with van der Waals surface area (Å²) in [6.07, 6.45) is 1.97. The van der Waals surface area contributed by atoms with Crippen molar-refractivity contribution in [2.24, 2.45) is 0 Å². The largest absolute Gasteiger partial charge is 0.341 e. The molecule has 3 rings (SSSR count). The van der Waals surface area contributed by atoms with Crippen molar-refractivity contribution in [2.45, 2.75) is 10.9 Å². The molecule has 0 aromatic heterocycles. The molecule has 3 aromatic rings. The smallest absolute Gasteiger partial charge is 0.253 e. The zero-order valence-electron chi connectivity index (χ0n) is 13.8. The van der Waals surface area contributed by atoms with E-state index in [2.05, 4.69) is 5.32 Å². The molecular weight excluding hydrogens is 350 g/mol. The van der Waals surface area contributed by atoms with Gasteiger partial charge in [-0.15, -0.1) is 11.8 Å². The molecule has 0 saturated heterocycles. The van der Waals surface area contributed by atoms with Gasteiger partial charge in [-0.2, -0.15) is 0 Å². The zero-order valence-corrected chi connectivity index (χ0v) is 15.3. The molecule has 126 valence electrons. The standard InChI is InChI=1S/C21H18ClNOS/c1-25-17-12-13-19(22)18(14-17)21(24)23-20(15-8-4-2-5-9-15)16-10-6-3-7-11-16/h2-14,20H,1H3,(H,23,24). The summed E-state index contributed by atoms with van der Waals surface area (Å²) in [5.41, 5.74) is 2.55. The average Bonchev–Trinajstić information content (AvgIpc) is 2.67. The lowest BCUT2D eigenvalue weighted by atomic mass is 9.98. The van der Waals surface area contributed by atoms with Gasteiger partial charge in [-0.05, 0) is 35.6 Å². The van der Waals surface area contributed by atoms with E-state index in [9.17, 15) is 4.79 Å². The van der Waals surface area contributed by atoms with E-state index in [1.54, 1.807) is 17.8 Å². The summed E-state index contributed by atoms with van der Waals surface area (Å²) in [4.78, 5) is 13.9. The molecular formula is C21H18ClNOS. The third-order valence-electron chi connectivity index (χ3n) is 3.96. The van der Waals surface area contributed by atoms with Crippen LogP contribution in [-0.4, -0.2) is 12.2 Å². The van der Waals surface area contributed by atoms with Gasteiger partial charge in [0.2, 0.25) is 0 Å². The Kier molecular flexibility index (Phi) is 5.79. The highest BCUT2D eigenvalue weighted by atomic mass is 35.5. The molecule has 0 heterocycles. The quantitative estimate of drug-likeness (QED) is 0.596.